The maximum absolute atomic E-state index is 4.70. The molecule has 1 fully saturated rings. The number of hydrogen-bond acceptors (Lipinski definition) is 2. The van der Waals surface area contributed by atoms with Crippen molar-refractivity contribution in [3.63, 3.8) is 0 Å². The van der Waals surface area contributed by atoms with E-state index in [-0.39, 0.29) is 0 Å². The summed E-state index contributed by atoms with van der Waals surface area (Å²) in [6, 6.07) is 0.640. The van der Waals surface area contributed by atoms with Crippen LogP contribution >= 0.6 is 31.9 Å². The second-order valence-electron chi connectivity index (χ2n) is 5.66. The van der Waals surface area contributed by atoms with Crippen molar-refractivity contribution in [1.29, 1.82) is 0 Å². The molecule has 0 amide bonds. The first-order chi connectivity index (χ1) is 9.58. The lowest BCUT2D eigenvalue weighted by Crippen LogP contribution is -2.40. The molecule has 0 spiro atoms. The van der Waals surface area contributed by atoms with E-state index in [1.54, 1.807) is 0 Å². The van der Waals surface area contributed by atoms with Gasteiger partial charge in [-0.2, -0.15) is 5.10 Å². The van der Waals surface area contributed by atoms with E-state index in [4.69, 9.17) is 5.10 Å². The Hall–Kier alpha value is 0.130. The van der Waals surface area contributed by atoms with Crippen molar-refractivity contribution in [1.82, 2.24) is 14.7 Å². The molecule has 0 aliphatic heterocycles. The Kier molecular flexibility index (Phi) is 6.11. The van der Waals surface area contributed by atoms with Crippen molar-refractivity contribution in [2.75, 3.05) is 7.05 Å². The quantitative estimate of drug-likeness (QED) is 0.677. The van der Waals surface area contributed by atoms with Crippen molar-refractivity contribution in [2.45, 2.75) is 69.9 Å². The zero-order chi connectivity index (χ0) is 14.7. The van der Waals surface area contributed by atoms with Crippen molar-refractivity contribution >= 4 is 31.9 Å². The Morgan fingerprint density at radius 1 is 1.30 bits per heavy atom. The minimum atomic E-state index is 0.628. The summed E-state index contributed by atoms with van der Waals surface area (Å²) in [4.78, 5) is 3.12. The second kappa shape index (κ2) is 7.41. The third-order valence-corrected chi connectivity index (χ3v) is 6.29. The van der Waals surface area contributed by atoms with E-state index >= 15 is 0 Å². The zero-order valence-corrected chi connectivity index (χ0v) is 15.9. The van der Waals surface area contributed by atoms with Gasteiger partial charge < -0.3 is 0 Å². The van der Waals surface area contributed by atoms with Crippen molar-refractivity contribution in [2.24, 2.45) is 0 Å². The van der Waals surface area contributed by atoms with E-state index in [0.717, 1.165) is 19.5 Å². The molecule has 2 unspecified atom stereocenters. The average molecular weight is 407 g/mol. The minimum absolute atomic E-state index is 0.628. The van der Waals surface area contributed by atoms with Crippen molar-refractivity contribution in [3.05, 3.63) is 15.9 Å². The van der Waals surface area contributed by atoms with Crippen LogP contribution < -0.4 is 0 Å². The number of aryl methyl sites for hydroxylation is 2. The highest BCUT2D eigenvalue weighted by atomic mass is 79.9. The monoisotopic (exact) mass is 405 g/mol. The first-order valence-corrected chi connectivity index (χ1v) is 9.37. The number of halogens is 2. The normalized spacial score (nSPS) is 23.5. The molecule has 114 valence electrons. The predicted octanol–water partition coefficient (Wildman–Crippen LogP) is 4.37. The Morgan fingerprint density at radius 3 is 2.60 bits per heavy atom. The Balaban J connectivity index is 2.14. The maximum Gasteiger partial charge on any atom is 0.0767 e. The van der Waals surface area contributed by atoms with Gasteiger partial charge in [0, 0.05) is 24.0 Å². The van der Waals surface area contributed by atoms with Gasteiger partial charge in [-0.05, 0) is 49.2 Å². The molecular formula is C15H25Br2N3. The van der Waals surface area contributed by atoms with Gasteiger partial charge >= 0.3 is 0 Å². The van der Waals surface area contributed by atoms with E-state index < -0.39 is 0 Å². The van der Waals surface area contributed by atoms with Gasteiger partial charge in [0.1, 0.15) is 0 Å². The van der Waals surface area contributed by atoms with Gasteiger partial charge in [-0.25, -0.2) is 0 Å². The van der Waals surface area contributed by atoms with Gasteiger partial charge in [-0.1, -0.05) is 35.7 Å². The van der Waals surface area contributed by atoms with Gasteiger partial charge in [0.25, 0.3) is 0 Å². The second-order valence-corrected chi connectivity index (χ2v) is 7.63. The summed E-state index contributed by atoms with van der Waals surface area (Å²) in [5.74, 6) is 0. The van der Waals surface area contributed by atoms with Crippen LogP contribution in [0.4, 0.5) is 0 Å². The van der Waals surface area contributed by atoms with Crippen LogP contribution in [0.3, 0.4) is 0 Å². The molecule has 1 aromatic rings. The first-order valence-electron chi connectivity index (χ1n) is 7.66. The summed E-state index contributed by atoms with van der Waals surface area (Å²) in [6.45, 7) is 6.23. The van der Waals surface area contributed by atoms with Crippen LogP contribution in [-0.2, 0) is 19.5 Å². The number of alkyl halides is 1. The van der Waals surface area contributed by atoms with Crippen LogP contribution in [0, 0.1) is 0 Å². The summed E-state index contributed by atoms with van der Waals surface area (Å²) in [5, 5.41) is 4.70. The fourth-order valence-corrected chi connectivity index (χ4v) is 4.77. The number of aromatic nitrogens is 2. The largest absolute Gasteiger partial charge is 0.296 e. The molecule has 1 aliphatic carbocycles. The molecule has 3 nitrogen and oxygen atoms in total. The number of rotatable bonds is 5. The lowest BCUT2D eigenvalue weighted by atomic mass is 9.94. The van der Waals surface area contributed by atoms with Gasteiger partial charge in [-0.3, -0.25) is 9.58 Å². The van der Waals surface area contributed by atoms with Gasteiger partial charge in [0.15, 0.2) is 0 Å². The van der Waals surface area contributed by atoms with Crippen LogP contribution in [-0.4, -0.2) is 32.6 Å². The third-order valence-electron chi connectivity index (χ3n) is 4.31. The average Bonchev–Trinajstić information content (AvgIpc) is 2.75. The molecule has 0 aromatic carbocycles. The molecule has 1 aromatic heterocycles. The number of hydrogen-bond donors (Lipinski definition) is 0. The minimum Gasteiger partial charge on any atom is -0.296 e. The molecule has 0 bridgehead atoms. The highest BCUT2D eigenvalue weighted by Crippen LogP contribution is 2.30. The molecule has 1 heterocycles. The fourth-order valence-electron chi connectivity index (χ4n) is 3.08. The molecule has 2 rings (SSSR count). The highest BCUT2D eigenvalue weighted by molar-refractivity contribution is 9.10. The van der Waals surface area contributed by atoms with E-state index in [2.05, 4.69) is 62.3 Å². The summed E-state index contributed by atoms with van der Waals surface area (Å²) < 4.78 is 3.35. The Bertz CT molecular complexity index is 445. The Morgan fingerprint density at radius 2 is 2.00 bits per heavy atom. The lowest BCUT2D eigenvalue weighted by Gasteiger charge is -2.35. The SMILES string of the molecule is CCc1nn(CC)c(CN(C)C2CCCCC2Br)c1Br. The van der Waals surface area contributed by atoms with E-state index in [1.165, 1.54) is 41.5 Å². The molecule has 0 radical (unpaired) electrons. The fraction of sp³-hybridized carbons (Fsp3) is 0.800. The molecule has 2 atom stereocenters. The smallest absolute Gasteiger partial charge is 0.0767 e. The van der Waals surface area contributed by atoms with Crippen LogP contribution in [0.5, 0.6) is 0 Å². The molecule has 1 aliphatic rings. The van der Waals surface area contributed by atoms with E-state index in [0.29, 0.717) is 10.9 Å². The van der Waals surface area contributed by atoms with Crippen molar-refractivity contribution < 1.29 is 0 Å². The molecule has 0 saturated heterocycles. The van der Waals surface area contributed by atoms with Crippen LogP contribution in [0.25, 0.3) is 0 Å². The van der Waals surface area contributed by atoms with Crippen molar-refractivity contribution in [3.8, 4) is 0 Å². The van der Waals surface area contributed by atoms with Crippen LogP contribution in [0.15, 0.2) is 4.47 Å². The topological polar surface area (TPSA) is 21.1 Å². The van der Waals surface area contributed by atoms with Crippen LogP contribution in [0.2, 0.25) is 0 Å². The summed E-state index contributed by atoms with van der Waals surface area (Å²) >= 11 is 7.61. The maximum atomic E-state index is 4.70. The molecule has 1 saturated carbocycles. The first kappa shape index (κ1) is 16.5. The molecule has 5 heteroatoms. The molecular weight excluding hydrogens is 382 g/mol. The van der Waals surface area contributed by atoms with E-state index in [1.807, 2.05) is 0 Å². The van der Waals surface area contributed by atoms with Crippen LogP contribution in [0.1, 0.15) is 50.9 Å². The van der Waals surface area contributed by atoms with E-state index in [9.17, 15) is 0 Å². The third kappa shape index (κ3) is 3.47. The number of nitrogens with zero attached hydrogens (tertiary/aromatic N) is 3. The van der Waals surface area contributed by atoms with Gasteiger partial charge in [0.2, 0.25) is 0 Å². The van der Waals surface area contributed by atoms with Gasteiger partial charge in [0.05, 0.1) is 15.9 Å². The summed E-state index contributed by atoms with van der Waals surface area (Å²) in [5.41, 5.74) is 2.49. The standard InChI is InChI=1S/C15H25Br2N3/c1-4-12-15(17)14(20(5-2)18-12)10-19(3)13-9-7-6-8-11(13)16/h11,13H,4-10H2,1-3H3. The summed E-state index contributed by atoms with van der Waals surface area (Å²) in [6.07, 6.45) is 6.28. The van der Waals surface area contributed by atoms with Gasteiger partial charge in [-0.15, -0.1) is 0 Å². The molecule has 0 N–H and O–H groups in total. The molecule has 20 heavy (non-hydrogen) atoms. The Labute approximate surface area is 139 Å². The lowest BCUT2D eigenvalue weighted by molar-refractivity contribution is 0.188. The predicted molar refractivity (Wildman–Crippen MR) is 91.4 cm³/mol. The zero-order valence-electron chi connectivity index (χ0n) is 12.7. The summed E-state index contributed by atoms with van der Waals surface area (Å²) in [7, 11) is 2.25. The highest BCUT2D eigenvalue weighted by Gasteiger charge is 2.27.